The number of para-hydroxylation sites is 1. The van der Waals surface area contributed by atoms with Gasteiger partial charge in [-0.05, 0) is 30.5 Å². The third-order valence-electron chi connectivity index (χ3n) is 4.23. The molecule has 0 fully saturated rings. The third kappa shape index (κ3) is 3.44. The van der Waals surface area contributed by atoms with E-state index < -0.39 is 0 Å². The Hall–Kier alpha value is -4.40. The van der Waals surface area contributed by atoms with Crippen molar-refractivity contribution < 1.29 is 4.79 Å². The van der Waals surface area contributed by atoms with E-state index in [1.54, 1.807) is 42.6 Å². The zero-order valence-corrected chi connectivity index (χ0v) is 15.2. The number of carbonyl (C=O) groups excluding carboxylic acids is 1. The number of hydrogen-bond acceptors (Lipinski definition) is 6. The minimum Gasteiger partial charge on any atom is -0.404 e. The highest BCUT2D eigenvalue weighted by atomic mass is 16.2. The lowest BCUT2D eigenvalue weighted by Crippen LogP contribution is -2.19. The van der Waals surface area contributed by atoms with Gasteiger partial charge in [-0.2, -0.15) is 4.68 Å². The Morgan fingerprint density at radius 2 is 1.79 bits per heavy atom. The fraction of sp³-hybridized carbons (Fsp3) is 0. The molecule has 2 aromatic heterocycles. The molecule has 2 aromatic carbocycles. The van der Waals surface area contributed by atoms with Gasteiger partial charge in [-0.3, -0.25) is 4.79 Å². The Kier molecular flexibility index (Phi) is 4.54. The summed E-state index contributed by atoms with van der Waals surface area (Å²) in [6.07, 6.45) is 3.98. The van der Waals surface area contributed by atoms with E-state index in [2.05, 4.69) is 15.4 Å². The highest BCUT2D eigenvalue weighted by Crippen LogP contribution is 2.22. The molecule has 0 aliphatic heterocycles. The quantitative estimate of drug-likeness (QED) is 0.455. The lowest BCUT2D eigenvalue weighted by atomic mass is 10.1. The average molecular weight is 387 g/mol. The molecular formula is C20H17N7O2. The number of nitrogen functional groups attached to an aromatic ring is 1. The second-order valence-corrected chi connectivity index (χ2v) is 6.16. The molecule has 0 bridgehead atoms. The maximum atomic E-state index is 12.8. The first kappa shape index (κ1) is 18.0. The SMILES string of the molecule is NC=CC(=O)Nc1ccc(-c2cn3c(=O)n(-c4ccccc4)nc3c(N)n2)cc1. The molecule has 0 radical (unpaired) electrons. The van der Waals surface area contributed by atoms with Gasteiger partial charge in [0, 0.05) is 23.5 Å². The number of fused-ring (bicyclic) bond motifs is 1. The van der Waals surface area contributed by atoms with Crippen molar-refractivity contribution in [1.82, 2.24) is 19.2 Å². The van der Waals surface area contributed by atoms with Crippen molar-refractivity contribution in [2.45, 2.75) is 0 Å². The second kappa shape index (κ2) is 7.31. The molecule has 5 N–H and O–H groups in total. The van der Waals surface area contributed by atoms with Gasteiger partial charge >= 0.3 is 5.69 Å². The van der Waals surface area contributed by atoms with Gasteiger partial charge in [0.1, 0.15) is 0 Å². The number of benzene rings is 2. The van der Waals surface area contributed by atoms with Crippen LogP contribution in [0.3, 0.4) is 0 Å². The first-order valence-electron chi connectivity index (χ1n) is 8.70. The Morgan fingerprint density at radius 3 is 2.48 bits per heavy atom. The topological polar surface area (TPSA) is 133 Å². The van der Waals surface area contributed by atoms with Crippen LogP contribution in [0.15, 0.2) is 77.9 Å². The standard InChI is InChI=1S/C20H17N7O2/c21-11-10-17(28)23-14-8-6-13(7-9-14)16-12-26-19(18(22)24-16)25-27(20(26)29)15-4-2-1-3-5-15/h1-12H,21H2,(H2,22,24)(H,23,28). The van der Waals surface area contributed by atoms with Crippen molar-refractivity contribution in [2.24, 2.45) is 5.73 Å². The van der Waals surface area contributed by atoms with Gasteiger partial charge in [0.15, 0.2) is 5.82 Å². The summed E-state index contributed by atoms with van der Waals surface area (Å²) in [5.74, 6) is -0.191. The van der Waals surface area contributed by atoms with Gasteiger partial charge in [0.05, 0.1) is 11.4 Å². The summed E-state index contributed by atoms with van der Waals surface area (Å²) in [6, 6.07) is 16.0. The molecule has 9 heteroatoms. The number of hydrogen-bond donors (Lipinski definition) is 3. The molecule has 4 aromatic rings. The zero-order chi connectivity index (χ0) is 20.4. The van der Waals surface area contributed by atoms with Crippen molar-refractivity contribution in [3.63, 3.8) is 0 Å². The second-order valence-electron chi connectivity index (χ2n) is 6.16. The van der Waals surface area contributed by atoms with Crippen LogP contribution < -0.4 is 22.5 Å². The van der Waals surface area contributed by atoms with Gasteiger partial charge in [-0.1, -0.05) is 30.3 Å². The fourth-order valence-electron chi connectivity index (χ4n) is 2.87. The molecule has 29 heavy (non-hydrogen) atoms. The van der Waals surface area contributed by atoms with Crippen LogP contribution in [0.5, 0.6) is 0 Å². The first-order valence-corrected chi connectivity index (χ1v) is 8.70. The van der Waals surface area contributed by atoms with E-state index in [0.29, 0.717) is 17.1 Å². The number of amides is 1. The summed E-state index contributed by atoms with van der Waals surface area (Å²) in [5, 5.41) is 6.97. The molecule has 0 saturated carbocycles. The maximum absolute atomic E-state index is 12.8. The minimum absolute atomic E-state index is 0.139. The lowest BCUT2D eigenvalue weighted by molar-refractivity contribution is -0.111. The van der Waals surface area contributed by atoms with Crippen LogP contribution in [0.4, 0.5) is 11.5 Å². The predicted molar refractivity (Wildman–Crippen MR) is 110 cm³/mol. The van der Waals surface area contributed by atoms with Crippen molar-refractivity contribution in [1.29, 1.82) is 0 Å². The number of carbonyl (C=O) groups is 1. The van der Waals surface area contributed by atoms with Crippen LogP contribution in [0, 0.1) is 0 Å². The maximum Gasteiger partial charge on any atom is 0.355 e. The summed E-state index contributed by atoms with van der Waals surface area (Å²) in [7, 11) is 0. The Labute approximate surface area is 164 Å². The van der Waals surface area contributed by atoms with E-state index in [-0.39, 0.29) is 23.1 Å². The van der Waals surface area contributed by atoms with Crippen LogP contribution in [0.2, 0.25) is 0 Å². The van der Waals surface area contributed by atoms with Crippen LogP contribution in [-0.4, -0.2) is 25.1 Å². The number of nitrogens with zero attached hydrogens (tertiary/aromatic N) is 4. The molecule has 0 aliphatic carbocycles. The van der Waals surface area contributed by atoms with E-state index in [4.69, 9.17) is 11.5 Å². The van der Waals surface area contributed by atoms with Crippen molar-refractivity contribution in [3.05, 3.63) is 83.6 Å². The van der Waals surface area contributed by atoms with Gasteiger partial charge in [0.2, 0.25) is 11.6 Å². The third-order valence-corrected chi connectivity index (χ3v) is 4.23. The molecule has 2 heterocycles. The number of rotatable bonds is 4. The largest absolute Gasteiger partial charge is 0.404 e. The summed E-state index contributed by atoms with van der Waals surface area (Å²) in [4.78, 5) is 28.7. The highest BCUT2D eigenvalue weighted by Gasteiger charge is 2.14. The van der Waals surface area contributed by atoms with Gasteiger partial charge < -0.3 is 16.8 Å². The van der Waals surface area contributed by atoms with Gasteiger partial charge in [0.25, 0.3) is 0 Å². The molecule has 1 amide bonds. The lowest BCUT2D eigenvalue weighted by Gasteiger charge is -2.06. The number of nitrogens with one attached hydrogen (secondary N) is 1. The summed E-state index contributed by atoms with van der Waals surface area (Å²) in [5.41, 5.74) is 13.6. The molecule has 9 nitrogen and oxygen atoms in total. The molecule has 0 aliphatic rings. The molecule has 0 unspecified atom stereocenters. The monoisotopic (exact) mass is 387 g/mol. The molecule has 0 spiro atoms. The number of nitrogens with two attached hydrogens (primary N) is 2. The minimum atomic E-state index is -0.348. The van der Waals surface area contributed by atoms with Gasteiger partial charge in [-0.15, -0.1) is 5.10 Å². The Morgan fingerprint density at radius 1 is 1.07 bits per heavy atom. The van der Waals surface area contributed by atoms with E-state index in [1.807, 2.05) is 18.2 Å². The average Bonchev–Trinajstić information content (AvgIpc) is 3.07. The summed E-state index contributed by atoms with van der Waals surface area (Å²) < 4.78 is 2.65. The van der Waals surface area contributed by atoms with E-state index in [0.717, 1.165) is 5.56 Å². The molecule has 4 rings (SSSR count). The molecule has 0 atom stereocenters. The molecule has 144 valence electrons. The van der Waals surface area contributed by atoms with E-state index >= 15 is 0 Å². The molecule has 0 saturated heterocycles. The summed E-state index contributed by atoms with van der Waals surface area (Å²) in [6.45, 7) is 0. The van der Waals surface area contributed by atoms with Crippen molar-refractivity contribution >= 4 is 23.1 Å². The Bertz CT molecular complexity index is 1270. The van der Waals surface area contributed by atoms with E-state index in [1.165, 1.54) is 21.4 Å². The Balaban J connectivity index is 1.73. The molecular weight excluding hydrogens is 370 g/mol. The summed E-state index contributed by atoms with van der Waals surface area (Å²) >= 11 is 0. The van der Waals surface area contributed by atoms with Gasteiger partial charge in [-0.25, -0.2) is 14.2 Å². The van der Waals surface area contributed by atoms with E-state index in [9.17, 15) is 9.59 Å². The van der Waals surface area contributed by atoms with Crippen LogP contribution in [0.1, 0.15) is 0 Å². The van der Waals surface area contributed by atoms with Crippen LogP contribution >= 0.6 is 0 Å². The normalized spacial score (nSPS) is 11.2. The fourth-order valence-corrected chi connectivity index (χ4v) is 2.87. The van der Waals surface area contributed by atoms with Crippen LogP contribution in [-0.2, 0) is 4.79 Å². The van der Waals surface area contributed by atoms with Crippen molar-refractivity contribution in [2.75, 3.05) is 11.1 Å². The zero-order valence-electron chi connectivity index (χ0n) is 15.2. The highest BCUT2D eigenvalue weighted by molar-refractivity contribution is 5.99. The first-order chi connectivity index (χ1) is 14.1. The number of anilines is 2. The predicted octanol–water partition coefficient (Wildman–Crippen LogP) is 1.54. The van der Waals surface area contributed by atoms with Crippen LogP contribution in [0.25, 0.3) is 22.6 Å². The van der Waals surface area contributed by atoms with Crippen molar-refractivity contribution in [3.8, 4) is 16.9 Å². The smallest absolute Gasteiger partial charge is 0.355 e. The number of aromatic nitrogens is 4.